The maximum atomic E-state index is 5.98. The molecule has 0 aliphatic heterocycles. The van der Waals surface area contributed by atoms with Crippen LogP contribution in [0.5, 0.6) is 0 Å². The number of nitrogens with two attached hydrogens (primary N) is 1. The summed E-state index contributed by atoms with van der Waals surface area (Å²) in [7, 11) is 0. The molecule has 3 rings (SSSR count). The Hall–Kier alpha value is -0.300. The maximum absolute atomic E-state index is 5.98. The Morgan fingerprint density at radius 3 is 2.55 bits per heavy atom. The summed E-state index contributed by atoms with van der Waals surface area (Å²) in [6, 6.07) is 0.424. The molecular weight excluding hydrogens is 134 g/mol. The first-order chi connectivity index (χ1) is 5.03. The highest BCUT2D eigenvalue weighted by Gasteiger charge is 2.48. The first-order valence-corrected chi connectivity index (χ1v) is 4.50. The maximum Gasteiger partial charge on any atom is 0.0108 e. The van der Waals surface area contributed by atoms with Gasteiger partial charge in [-0.3, -0.25) is 0 Å². The molecule has 3 atom stereocenters. The fraction of sp³-hybridized carbons (Fsp3) is 0.800. The Kier molecular flexibility index (Phi) is 1.26. The number of hydrogen-bond acceptors (Lipinski definition) is 1. The van der Waals surface area contributed by atoms with Crippen LogP contribution in [0.15, 0.2) is 11.6 Å². The summed E-state index contributed by atoms with van der Waals surface area (Å²) < 4.78 is 0. The minimum absolute atomic E-state index is 0.424. The van der Waals surface area contributed by atoms with E-state index >= 15 is 0 Å². The second kappa shape index (κ2) is 1.89. The summed E-state index contributed by atoms with van der Waals surface area (Å²) in [6.45, 7) is 6.97. The zero-order chi connectivity index (χ0) is 8.22. The lowest BCUT2D eigenvalue weighted by molar-refractivity contribution is 0.122. The van der Waals surface area contributed by atoms with Crippen LogP contribution in [0.2, 0.25) is 0 Å². The first kappa shape index (κ1) is 7.35. The van der Waals surface area contributed by atoms with Gasteiger partial charge < -0.3 is 5.73 Å². The number of hydrogen-bond donors (Lipinski definition) is 1. The molecule has 2 bridgehead atoms. The van der Waals surface area contributed by atoms with Gasteiger partial charge in [0.25, 0.3) is 0 Å². The summed E-state index contributed by atoms with van der Waals surface area (Å²) in [6.07, 6.45) is 3.55. The fourth-order valence-corrected chi connectivity index (χ4v) is 2.60. The van der Waals surface area contributed by atoms with E-state index in [4.69, 9.17) is 5.73 Å². The van der Waals surface area contributed by atoms with E-state index in [1.165, 1.54) is 0 Å². The van der Waals surface area contributed by atoms with E-state index in [2.05, 4.69) is 26.8 Å². The molecule has 0 saturated heterocycles. The summed E-state index contributed by atoms with van der Waals surface area (Å²) >= 11 is 0. The van der Waals surface area contributed by atoms with Crippen molar-refractivity contribution in [2.45, 2.75) is 33.2 Å². The summed E-state index contributed by atoms with van der Waals surface area (Å²) in [5, 5.41) is 0. The van der Waals surface area contributed by atoms with Crippen molar-refractivity contribution >= 4 is 0 Å². The van der Waals surface area contributed by atoms with Crippen LogP contribution in [0.1, 0.15) is 27.2 Å². The van der Waals surface area contributed by atoms with Crippen molar-refractivity contribution in [2.75, 3.05) is 0 Å². The molecule has 1 nitrogen and oxygen atoms in total. The normalized spacial score (nSPS) is 46.2. The SMILES string of the molecule is C[C@@H]1[C@@H](N)CC2=C[C@@H]1C2(C)C. The Morgan fingerprint density at radius 1 is 1.55 bits per heavy atom. The van der Waals surface area contributed by atoms with Crippen LogP contribution in [0.25, 0.3) is 0 Å². The van der Waals surface area contributed by atoms with Gasteiger partial charge in [0, 0.05) is 6.04 Å². The first-order valence-electron chi connectivity index (χ1n) is 4.50. The van der Waals surface area contributed by atoms with Crippen molar-refractivity contribution in [3.8, 4) is 0 Å². The summed E-state index contributed by atoms with van der Waals surface area (Å²) in [5.41, 5.74) is 8.04. The van der Waals surface area contributed by atoms with Gasteiger partial charge in [0.1, 0.15) is 0 Å². The Labute approximate surface area is 68.7 Å². The zero-order valence-corrected chi connectivity index (χ0v) is 7.59. The van der Waals surface area contributed by atoms with Crippen LogP contribution < -0.4 is 5.73 Å². The van der Waals surface area contributed by atoms with Gasteiger partial charge in [0.2, 0.25) is 0 Å². The molecule has 1 heteroatoms. The summed E-state index contributed by atoms with van der Waals surface area (Å²) in [4.78, 5) is 0. The molecule has 3 aliphatic rings. The quantitative estimate of drug-likeness (QED) is 0.526. The molecule has 0 spiro atoms. The molecule has 11 heavy (non-hydrogen) atoms. The second-order valence-electron chi connectivity index (χ2n) is 4.67. The number of rotatable bonds is 0. The standard InChI is InChI=1S/C10H17N/c1-6-8-4-7(5-9(6)11)10(8,2)3/h4,6,8-9H,5,11H2,1-3H3/t6-,8-,9-/m0/s1. The van der Waals surface area contributed by atoms with Crippen molar-refractivity contribution in [1.82, 2.24) is 0 Å². The van der Waals surface area contributed by atoms with Crippen LogP contribution in [0.4, 0.5) is 0 Å². The third-order valence-electron chi connectivity index (χ3n) is 3.74. The highest BCUT2D eigenvalue weighted by Crippen LogP contribution is 2.55. The second-order valence-corrected chi connectivity index (χ2v) is 4.67. The van der Waals surface area contributed by atoms with Crippen LogP contribution in [0, 0.1) is 17.3 Å². The number of allylic oxidation sites excluding steroid dienone is 1. The van der Waals surface area contributed by atoms with Gasteiger partial charge in [-0.05, 0) is 23.7 Å². The smallest absolute Gasteiger partial charge is 0.0108 e. The third kappa shape index (κ3) is 0.750. The van der Waals surface area contributed by atoms with Gasteiger partial charge in [-0.2, -0.15) is 0 Å². The molecule has 0 heterocycles. The molecule has 0 aromatic rings. The monoisotopic (exact) mass is 151 g/mol. The average molecular weight is 151 g/mol. The van der Waals surface area contributed by atoms with Gasteiger partial charge >= 0.3 is 0 Å². The van der Waals surface area contributed by atoms with E-state index < -0.39 is 0 Å². The van der Waals surface area contributed by atoms with Gasteiger partial charge in [-0.15, -0.1) is 0 Å². The molecule has 62 valence electrons. The van der Waals surface area contributed by atoms with E-state index in [0.717, 1.165) is 12.3 Å². The lowest BCUT2D eigenvalue weighted by Gasteiger charge is -2.54. The predicted molar refractivity (Wildman–Crippen MR) is 47.1 cm³/mol. The van der Waals surface area contributed by atoms with Crippen molar-refractivity contribution in [3.05, 3.63) is 11.6 Å². The van der Waals surface area contributed by atoms with Gasteiger partial charge in [-0.25, -0.2) is 0 Å². The van der Waals surface area contributed by atoms with Crippen molar-refractivity contribution in [3.63, 3.8) is 0 Å². The highest BCUT2D eigenvalue weighted by atomic mass is 14.7. The lowest BCUT2D eigenvalue weighted by Crippen LogP contribution is -2.51. The molecule has 0 unspecified atom stereocenters. The molecule has 3 aliphatic carbocycles. The minimum Gasteiger partial charge on any atom is -0.327 e. The van der Waals surface area contributed by atoms with Crippen LogP contribution in [-0.2, 0) is 0 Å². The fourth-order valence-electron chi connectivity index (χ4n) is 2.60. The zero-order valence-electron chi connectivity index (χ0n) is 7.59. The Bertz CT molecular complexity index is 215. The predicted octanol–water partition coefficient (Wildman–Crippen LogP) is 1.94. The van der Waals surface area contributed by atoms with Gasteiger partial charge in [-0.1, -0.05) is 32.4 Å². The van der Waals surface area contributed by atoms with Crippen molar-refractivity contribution in [1.29, 1.82) is 0 Å². The average Bonchev–Trinajstić information content (AvgIpc) is 1.93. The molecule has 0 aromatic carbocycles. The molecule has 1 saturated carbocycles. The van der Waals surface area contributed by atoms with Gasteiger partial charge in [0.05, 0.1) is 0 Å². The van der Waals surface area contributed by atoms with Gasteiger partial charge in [0.15, 0.2) is 0 Å². The molecule has 2 N–H and O–H groups in total. The van der Waals surface area contributed by atoms with E-state index in [1.807, 2.05) is 0 Å². The van der Waals surface area contributed by atoms with Crippen LogP contribution in [0.3, 0.4) is 0 Å². The largest absolute Gasteiger partial charge is 0.327 e. The Balaban J connectivity index is 2.28. The highest BCUT2D eigenvalue weighted by molar-refractivity contribution is 5.33. The third-order valence-corrected chi connectivity index (χ3v) is 3.74. The van der Waals surface area contributed by atoms with Crippen molar-refractivity contribution < 1.29 is 0 Å². The molecule has 0 amide bonds. The van der Waals surface area contributed by atoms with Crippen LogP contribution >= 0.6 is 0 Å². The molecular formula is C10H17N. The van der Waals surface area contributed by atoms with Crippen molar-refractivity contribution in [2.24, 2.45) is 23.0 Å². The summed E-state index contributed by atoms with van der Waals surface area (Å²) in [5.74, 6) is 1.43. The van der Waals surface area contributed by atoms with E-state index in [1.54, 1.807) is 5.57 Å². The number of fused-ring (bicyclic) bond motifs is 2. The van der Waals surface area contributed by atoms with Crippen LogP contribution in [-0.4, -0.2) is 6.04 Å². The molecule has 0 aromatic heterocycles. The minimum atomic E-state index is 0.424. The van der Waals surface area contributed by atoms with E-state index in [0.29, 0.717) is 17.4 Å². The molecule has 0 radical (unpaired) electrons. The molecule has 1 fully saturated rings. The lowest BCUT2D eigenvalue weighted by atomic mass is 9.52. The van der Waals surface area contributed by atoms with E-state index in [9.17, 15) is 0 Å². The Morgan fingerprint density at radius 2 is 2.18 bits per heavy atom. The van der Waals surface area contributed by atoms with E-state index in [-0.39, 0.29) is 0 Å². The topological polar surface area (TPSA) is 26.0 Å².